The van der Waals surface area contributed by atoms with Crippen LogP contribution in [0.2, 0.25) is 0 Å². The molecule has 0 radical (unpaired) electrons. The summed E-state index contributed by atoms with van der Waals surface area (Å²) in [5.41, 5.74) is 0. The van der Waals surface area contributed by atoms with E-state index in [0.717, 1.165) is 12.5 Å². The third kappa shape index (κ3) is 3.81. The maximum Gasteiger partial charge on any atom is 0.0391 e. The van der Waals surface area contributed by atoms with Crippen molar-refractivity contribution in [3.63, 3.8) is 0 Å². The van der Waals surface area contributed by atoms with E-state index in [0.29, 0.717) is 22.5 Å². The molecule has 0 aromatic rings. The van der Waals surface area contributed by atoms with E-state index >= 15 is 0 Å². The topological polar surface area (TPSA) is 29.1 Å². The average molecular weight is 285 g/mol. The SMILES string of the molecule is CCCNC1CCC(S(=O)C2CCCC(C)C2)C1C. The third-order valence-electron chi connectivity index (χ3n) is 5.16. The molecule has 3 heteroatoms. The highest BCUT2D eigenvalue weighted by molar-refractivity contribution is 7.86. The van der Waals surface area contributed by atoms with E-state index in [9.17, 15) is 4.21 Å². The van der Waals surface area contributed by atoms with Gasteiger partial charge < -0.3 is 5.32 Å². The fourth-order valence-corrected chi connectivity index (χ4v) is 6.30. The van der Waals surface area contributed by atoms with Gasteiger partial charge in [0.15, 0.2) is 0 Å². The molecule has 19 heavy (non-hydrogen) atoms. The second kappa shape index (κ2) is 7.21. The largest absolute Gasteiger partial charge is 0.314 e. The Bertz CT molecular complexity index is 307. The Morgan fingerprint density at radius 3 is 2.63 bits per heavy atom. The zero-order chi connectivity index (χ0) is 13.8. The molecule has 0 bridgehead atoms. The number of hydrogen-bond acceptors (Lipinski definition) is 2. The first kappa shape index (κ1) is 15.5. The van der Waals surface area contributed by atoms with Crippen LogP contribution in [0.3, 0.4) is 0 Å². The van der Waals surface area contributed by atoms with Gasteiger partial charge in [0.1, 0.15) is 0 Å². The molecule has 2 saturated carbocycles. The molecule has 0 spiro atoms. The van der Waals surface area contributed by atoms with Gasteiger partial charge in [-0.2, -0.15) is 0 Å². The third-order valence-corrected chi connectivity index (χ3v) is 7.50. The number of hydrogen-bond donors (Lipinski definition) is 1. The maximum atomic E-state index is 12.9. The lowest BCUT2D eigenvalue weighted by Crippen LogP contribution is -2.38. The van der Waals surface area contributed by atoms with Gasteiger partial charge in [0, 0.05) is 27.3 Å². The van der Waals surface area contributed by atoms with Crippen LogP contribution in [0.1, 0.15) is 65.7 Å². The van der Waals surface area contributed by atoms with Gasteiger partial charge >= 0.3 is 0 Å². The van der Waals surface area contributed by atoms with Gasteiger partial charge in [-0.3, -0.25) is 4.21 Å². The highest BCUT2D eigenvalue weighted by atomic mass is 32.2. The average Bonchev–Trinajstić information content (AvgIpc) is 2.77. The van der Waals surface area contributed by atoms with Gasteiger partial charge in [-0.15, -0.1) is 0 Å². The highest BCUT2D eigenvalue weighted by Crippen LogP contribution is 2.35. The van der Waals surface area contributed by atoms with E-state index in [2.05, 4.69) is 26.1 Å². The van der Waals surface area contributed by atoms with Crippen LogP contribution in [0.15, 0.2) is 0 Å². The zero-order valence-electron chi connectivity index (χ0n) is 12.9. The van der Waals surface area contributed by atoms with Gasteiger partial charge in [-0.1, -0.05) is 33.6 Å². The molecule has 0 aromatic heterocycles. The van der Waals surface area contributed by atoms with Gasteiger partial charge in [0.05, 0.1) is 0 Å². The second-order valence-electron chi connectivity index (χ2n) is 6.76. The van der Waals surface area contributed by atoms with Crippen LogP contribution in [-0.2, 0) is 10.8 Å². The van der Waals surface area contributed by atoms with E-state index < -0.39 is 10.8 Å². The molecule has 2 aliphatic carbocycles. The molecule has 0 saturated heterocycles. The molecule has 1 N–H and O–H groups in total. The van der Waals surface area contributed by atoms with Crippen LogP contribution < -0.4 is 5.32 Å². The first-order valence-corrected chi connectivity index (χ1v) is 9.53. The fraction of sp³-hybridized carbons (Fsp3) is 1.00. The Hall–Kier alpha value is 0.110. The molecule has 0 aromatic carbocycles. The Labute approximate surface area is 121 Å². The minimum atomic E-state index is -0.599. The van der Waals surface area contributed by atoms with Crippen LogP contribution >= 0.6 is 0 Å². The quantitative estimate of drug-likeness (QED) is 0.838. The Morgan fingerprint density at radius 1 is 1.16 bits per heavy atom. The molecule has 2 fully saturated rings. The molecule has 0 amide bonds. The van der Waals surface area contributed by atoms with E-state index in [1.807, 2.05) is 0 Å². The minimum Gasteiger partial charge on any atom is -0.314 e. The lowest BCUT2D eigenvalue weighted by molar-refractivity contribution is 0.384. The minimum absolute atomic E-state index is 0.449. The van der Waals surface area contributed by atoms with Crippen LogP contribution in [0.4, 0.5) is 0 Å². The van der Waals surface area contributed by atoms with Crippen molar-refractivity contribution in [3.8, 4) is 0 Å². The zero-order valence-corrected chi connectivity index (χ0v) is 13.7. The molecule has 112 valence electrons. The fourth-order valence-electron chi connectivity index (χ4n) is 3.91. The van der Waals surface area contributed by atoms with Crippen molar-refractivity contribution in [1.29, 1.82) is 0 Å². The summed E-state index contributed by atoms with van der Waals surface area (Å²) in [5, 5.41) is 4.58. The van der Waals surface area contributed by atoms with Gasteiger partial charge in [-0.25, -0.2) is 0 Å². The summed E-state index contributed by atoms with van der Waals surface area (Å²) in [6.45, 7) is 7.96. The number of nitrogens with one attached hydrogen (secondary N) is 1. The number of rotatable bonds is 5. The maximum absolute atomic E-state index is 12.9. The molecule has 6 atom stereocenters. The summed E-state index contributed by atoms with van der Waals surface area (Å²) in [5.74, 6) is 1.37. The Balaban J connectivity index is 1.89. The smallest absolute Gasteiger partial charge is 0.0391 e. The van der Waals surface area contributed by atoms with Gasteiger partial charge in [-0.05, 0) is 50.5 Å². The predicted molar refractivity (Wildman–Crippen MR) is 83.8 cm³/mol. The van der Waals surface area contributed by atoms with Crippen LogP contribution in [0, 0.1) is 11.8 Å². The van der Waals surface area contributed by atoms with Crippen molar-refractivity contribution in [1.82, 2.24) is 5.32 Å². The van der Waals surface area contributed by atoms with Crippen molar-refractivity contribution in [2.45, 2.75) is 82.3 Å². The van der Waals surface area contributed by atoms with E-state index in [1.165, 1.54) is 44.9 Å². The summed E-state index contributed by atoms with van der Waals surface area (Å²) in [6, 6.07) is 0.606. The summed E-state index contributed by atoms with van der Waals surface area (Å²) < 4.78 is 12.9. The standard InChI is InChI=1S/C16H31NOS/c1-4-10-17-15-8-9-16(13(15)3)19(18)14-7-5-6-12(2)11-14/h12-17H,4-11H2,1-3H3. The molecule has 0 heterocycles. The van der Waals surface area contributed by atoms with Gasteiger partial charge in [0.25, 0.3) is 0 Å². The molecule has 2 rings (SSSR count). The Morgan fingerprint density at radius 2 is 1.95 bits per heavy atom. The second-order valence-corrected chi connectivity index (χ2v) is 8.69. The molecule has 6 unspecified atom stereocenters. The summed E-state index contributed by atoms with van der Waals surface area (Å²) in [4.78, 5) is 0. The van der Waals surface area contributed by atoms with E-state index in [1.54, 1.807) is 0 Å². The lowest BCUT2D eigenvalue weighted by Gasteiger charge is -2.30. The summed E-state index contributed by atoms with van der Waals surface area (Å²) in [6.07, 6.45) is 8.61. The van der Waals surface area contributed by atoms with Crippen molar-refractivity contribution in [3.05, 3.63) is 0 Å². The molecule has 2 aliphatic rings. The van der Waals surface area contributed by atoms with Crippen molar-refractivity contribution in [2.24, 2.45) is 11.8 Å². The summed E-state index contributed by atoms with van der Waals surface area (Å²) >= 11 is 0. The molecule has 0 aliphatic heterocycles. The monoisotopic (exact) mass is 285 g/mol. The van der Waals surface area contributed by atoms with Crippen molar-refractivity contribution < 1.29 is 4.21 Å². The van der Waals surface area contributed by atoms with Gasteiger partial charge in [0.2, 0.25) is 0 Å². The first-order chi connectivity index (χ1) is 9.13. The van der Waals surface area contributed by atoms with Crippen molar-refractivity contribution >= 4 is 10.8 Å². The van der Waals surface area contributed by atoms with E-state index in [4.69, 9.17) is 0 Å². The lowest BCUT2D eigenvalue weighted by atomic mass is 9.90. The van der Waals surface area contributed by atoms with E-state index in [-0.39, 0.29) is 0 Å². The van der Waals surface area contributed by atoms with Crippen LogP contribution in [-0.4, -0.2) is 27.3 Å². The normalized spacial score (nSPS) is 41.3. The summed E-state index contributed by atoms with van der Waals surface area (Å²) in [7, 11) is -0.599. The van der Waals surface area contributed by atoms with Crippen molar-refractivity contribution in [2.75, 3.05) is 6.54 Å². The van der Waals surface area contributed by atoms with Crippen LogP contribution in [0.5, 0.6) is 0 Å². The Kier molecular flexibility index (Phi) is 5.88. The first-order valence-electron chi connectivity index (χ1n) is 8.26. The molecular formula is C16H31NOS. The molecular weight excluding hydrogens is 254 g/mol. The highest BCUT2D eigenvalue weighted by Gasteiger charge is 2.39. The van der Waals surface area contributed by atoms with Crippen LogP contribution in [0.25, 0.3) is 0 Å². The predicted octanol–water partition coefficient (Wildman–Crippen LogP) is 3.48. The molecule has 2 nitrogen and oxygen atoms in total.